The normalized spacial score (nSPS) is 16.8. The first-order chi connectivity index (χ1) is 5.27. The van der Waals surface area contributed by atoms with Gasteiger partial charge in [-0.3, -0.25) is 9.48 Å². The van der Waals surface area contributed by atoms with Crippen LogP contribution in [-0.2, 0) is 7.05 Å². The minimum atomic E-state index is 0.262. The molecule has 0 radical (unpaired) electrons. The molecule has 1 aliphatic rings. The zero-order chi connectivity index (χ0) is 7.84. The number of hydrogen-bond donors (Lipinski definition) is 0. The summed E-state index contributed by atoms with van der Waals surface area (Å²) >= 11 is 0. The Morgan fingerprint density at radius 3 is 2.91 bits per heavy atom. The molecule has 0 bridgehead atoms. The highest BCUT2D eigenvalue weighted by molar-refractivity contribution is 5.98. The van der Waals surface area contributed by atoms with Gasteiger partial charge in [0.2, 0.25) is 0 Å². The Labute approximate surface area is 65.0 Å². The predicted octanol–water partition coefficient (Wildman–Crippen LogP) is 1.01. The van der Waals surface area contributed by atoms with Crippen LogP contribution in [0.1, 0.15) is 23.2 Å². The van der Waals surface area contributed by atoms with Crippen LogP contribution in [0.4, 0.5) is 0 Å². The van der Waals surface area contributed by atoms with Crippen molar-refractivity contribution in [2.45, 2.75) is 12.8 Å². The van der Waals surface area contributed by atoms with E-state index in [1.807, 2.05) is 7.05 Å². The minimum Gasteiger partial charge on any atom is -0.294 e. The highest BCUT2D eigenvalue weighted by Gasteiger charge is 2.30. The van der Waals surface area contributed by atoms with Crippen LogP contribution in [0.5, 0.6) is 0 Å². The minimum absolute atomic E-state index is 0.262. The largest absolute Gasteiger partial charge is 0.294 e. The van der Waals surface area contributed by atoms with Gasteiger partial charge in [0.05, 0.1) is 11.8 Å². The lowest BCUT2D eigenvalue weighted by atomic mass is 10.1. The summed E-state index contributed by atoms with van der Waals surface area (Å²) < 4.78 is 1.66. The SMILES string of the molecule is Cn1cc(C(=O)C2CC2)cn1. The van der Waals surface area contributed by atoms with Gasteiger partial charge >= 0.3 is 0 Å². The summed E-state index contributed by atoms with van der Waals surface area (Å²) in [5, 5.41) is 3.94. The molecule has 0 saturated heterocycles. The monoisotopic (exact) mass is 150 g/mol. The molecule has 0 aromatic carbocycles. The van der Waals surface area contributed by atoms with Crippen LogP contribution in [0.25, 0.3) is 0 Å². The fourth-order valence-corrected chi connectivity index (χ4v) is 1.13. The van der Waals surface area contributed by atoms with Gasteiger partial charge in [-0.25, -0.2) is 0 Å². The third-order valence-corrected chi connectivity index (χ3v) is 1.94. The van der Waals surface area contributed by atoms with Crippen molar-refractivity contribution in [1.82, 2.24) is 9.78 Å². The molecular weight excluding hydrogens is 140 g/mol. The molecule has 0 N–H and O–H groups in total. The molecule has 0 unspecified atom stereocenters. The number of Topliss-reactive ketones (excluding diaryl/α,β-unsaturated/α-hetero) is 1. The molecular formula is C8H10N2O. The molecule has 3 nitrogen and oxygen atoms in total. The molecule has 0 atom stereocenters. The van der Waals surface area contributed by atoms with Gasteiger partial charge in [0.1, 0.15) is 0 Å². The van der Waals surface area contributed by atoms with Crippen molar-refractivity contribution in [3.8, 4) is 0 Å². The Morgan fingerprint density at radius 2 is 2.45 bits per heavy atom. The van der Waals surface area contributed by atoms with Gasteiger partial charge in [0, 0.05) is 19.2 Å². The number of ketones is 1. The van der Waals surface area contributed by atoms with E-state index in [-0.39, 0.29) is 5.78 Å². The number of aromatic nitrogens is 2. The Morgan fingerprint density at radius 1 is 1.73 bits per heavy atom. The van der Waals surface area contributed by atoms with E-state index in [2.05, 4.69) is 5.10 Å². The second kappa shape index (κ2) is 2.19. The van der Waals surface area contributed by atoms with Crippen LogP contribution in [0.3, 0.4) is 0 Å². The quantitative estimate of drug-likeness (QED) is 0.590. The number of rotatable bonds is 2. The van der Waals surface area contributed by atoms with Gasteiger partial charge in [-0.15, -0.1) is 0 Å². The summed E-state index contributed by atoms with van der Waals surface area (Å²) in [6.45, 7) is 0. The van der Waals surface area contributed by atoms with Gasteiger partial charge in [0.15, 0.2) is 5.78 Å². The van der Waals surface area contributed by atoms with E-state index in [9.17, 15) is 4.79 Å². The van der Waals surface area contributed by atoms with Crippen molar-refractivity contribution < 1.29 is 4.79 Å². The van der Waals surface area contributed by atoms with E-state index in [0.717, 1.165) is 18.4 Å². The number of carbonyl (C=O) groups is 1. The zero-order valence-corrected chi connectivity index (χ0v) is 6.45. The highest BCUT2D eigenvalue weighted by Crippen LogP contribution is 2.32. The third-order valence-electron chi connectivity index (χ3n) is 1.94. The van der Waals surface area contributed by atoms with Crippen LogP contribution in [0.15, 0.2) is 12.4 Å². The van der Waals surface area contributed by atoms with Gasteiger partial charge < -0.3 is 0 Å². The van der Waals surface area contributed by atoms with Gasteiger partial charge in [-0.2, -0.15) is 5.10 Å². The van der Waals surface area contributed by atoms with Crippen LogP contribution < -0.4 is 0 Å². The van der Waals surface area contributed by atoms with Crippen LogP contribution in [0.2, 0.25) is 0 Å². The Hall–Kier alpha value is -1.12. The molecule has 11 heavy (non-hydrogen) atoms. The smallest absolute Gasteiger partial charge is 0.169 e. The Bertz CT molecular complexity index is 286. The Balaban J connectivity index is 2.21. The second-order valence-corrected chi connectivity index (χ2v) is 3.04. The van der Waals surface area contributed by atoms with E-state index >= 15 is 0 Å². The first-order valence-electron chi connectivity index (χ1n) is 3.80. The molecule has 1 aromatic heterocycles. The van der Waals surface area contributed by atoms with E-state index < -0.39 is 0 Å². The molecule has 0 aliphatic heterocycles. The van der Waals surface area contributed by atoms with Gasteiger partial charge in [-0.05, 0) is 12.8 Å². The summed E-state index contributed by atoms with van der Waals surface area (Å²) in [6.07, 6.45) is 5.54. The summed E-state index contributed by atoms with van der Waals surface area (Å²) in [4.78, 5) is 11.4. The van der Waals surface area contributed by atoms with Crippen molar-refractivity contribution in [2.75, 3.05) is 0 Å². The molecule has 1 fully saturated rings. The van der Waals surface area contributed by atoms with Crippen LogP contribution in [-0.4, -0.2) is 15.6 Å². The Kier molecular flexibility index (Phi) is 1.31. The number of nitrogens with zero attached hydrogens (tertiary/aromatic N) is 2. The molecule has 0 spiro atoms. The fourth-order valence-electron chi connectivity index (χ4n) is 1.13. The summed E-state index contributed by atoms with van der Waals surface area (Å²) in [6, 6.07) is 0. The predicted molar refractivity (Wildman–Crippen MR) is 40.3 cm³/mol. The van der Waals surface area contributed by atoms with Crippen LogP contribution >= 0.6 is 0 Å². The van der Waals surface area contributed by atoms with E-state index in [4.69, 9.17) is 0 Å². The molecule has 2 rings (SSSR count). The fraction of sp³-hybridized carbons (Fsp3) is 0.500. The molecule has 0 amide bonds. The molecule has 1 aliphatic carbocycles. The maximum absolute atomic E-state index is 11.4. The van der Waals surface area contributed by atoms with Gasteiger partial charge in [-0.1, -0.05) is 0 Å². The average molecular weight is 150 g/mol. The van der Waals surface area contributed by atoms with Crippen molar-refractivity contribution in [2.24, 2.45) is 13.0 Å². The lowest BCUT2D eigenvalue weighted by Gasteiger charge is -1.89. The number of hydrogen-bond acceptors (Lipinski definition) is 2. The highest BCUT2D eigenvalue weighted by atomic mass is 16.1. The van der Waals surface area contributed by atoms with E-state index in [1.165, 1.54) is 0 Å². The average Bonchev–Trinajstić information content (AvgIpc) is 2.74. The molecule has 58 valence electrons. The van der Waals surface area contributed by atoms with Gasteiger partial charge in [0.25, 0.3) is 0 Å². The maximum atomic E-state index is 11.4. The zero-order valence-electron chi connectivity index (χ0n) is 6.45. The summed E-state index contributed by atoms with van der Waals surface area (Å²) in [5.41, 5.74) is 0.759. The van der Waals surface area contributed by atoms with E-state index in [1.54, 1.807) is 17.1 Å². The van der Waals surface area contributed by atoms with Crippen molar-refractivity contribution in [3.05, 3.63) is 18.0 Å². The standard InChI is InChI=1S/C8H10N2O/c1-10-5-7(4-9-10)8(11)6-2-3-6/h4-6H,2-3H2,1H3. The van der Waals surface area contributed by atoms with Crippen LogP contribution in [0, 0.1) is 5.92 Å². The number of aryl methyl sites for hydroxylation is 1. The van der Waals surface area contributed by atoms with E-state index in [0.29, 0.717) is 5.92 Å². The third kappa shape index (κ3) is 1.18. The van der Waals surface area contributed by atoms with Crippen molar-refractivity contribution in [3.63, 3.8) is 0 Å². The lowest BCUT2D eigenvalue weighted by molar-refractivity contribution is 0.0967. The first kappa shape index (κ1) is 6.58. The summed E-state index contributed by atoms with van der Waals surface area (Å²) in [5.74, 6) is 0.567. The number of carbonyl (C=O) groups excluding carboxylic acids is 1. The molecule has 1 heterocycles. The van der Waals surface area contributed by atoms with Crippen molar-refractivity contribution >= 4 is 5.78 Å². The molecule has 3 heteroatoms. The molecule has 1 aromatic rings. The first-order valence-corrected chi connectivity index (χ1v) is 3.80. The second-order valence-electron chi connectivity index (χ2n) is 3.04. The lowest BCUT2D eigenvalue weighted by Crippen LogP contribution is -1.98. The van der Waals surface area contributed by atoms with Crippen molar-refractivity contribution in [1.29, 1.82) is 0 Å². The summed E-state index contributed by atoms with van der Waals surface area (Å²) in [7, 11) is 1.82. The maximum Gasteiger partial charge on any atom is 0.169 e. The molecule has 1 saturated carbocycles. The topological polar surface area (TPSA) is 34.9 Å².